The number of benzene rings is 3. The van der Waals surface area contributed by atoms with Crippen LogP contribution in [-0.2, 0) is 16.6 Å². The number of sulfonamides is 1. The summed E-state index contributed by atoms with van der Waals surface area (Å²) in [4.78, 5) is 2.72. The minimum Gasteiger partial charge on any atom is -0.493 e. The third kappa shape index (κ3) is 6.16. The molecule has 39 heavy (non-hydrogen) atoms. The highest BCUT2D eigenvalue weighted by atomic mass is 32.2. The molecule has 1 saturated carbocycles. The number of likely N-dealkylation sites (tertiary alicyclic amines) is 1. The van der Waals surface area contributed by atoms with Crippen LogP contribution in [0.15, 0.2) is 83.8 Å². The smallest absolute Gasteiger partial charge is 0.240 e. The largest absolute Gasteiger partial charge is 0.493 e. The number of nitrogens with one attached hydrogen (secondary N) is 1. The number of hydrogen-bond donors (Lipinski definition) is 1. The minimum atomic E-state index is -3.66. The molecule has 1 saturated heterocycles. The van der Waals surface area contributed by atoms with Gasteiger partial charge in [0, 0.05) is 37.0 Å². The predicted octanol–water partition coefficient (Wildman–Crippen LogP) is 5.99. The molecule has 1 N–H and O–H groups in total. The van der Waals surface area contributed by atoms with Crippen LogP contribution in [-0.4, -0.2) is 45.7 Å². The zero-order valence-electron chi connectivity index (χ0n) is 23.2. The predicted molar refractivity (Wildman–Crippen MR) is 155 cm³/mol. The lowest BCUT2D eigenvalue weighted by molar-refractivity contribution is 0.199. The number of ether oxygens (including phenoxy) is 2. The SMILES string of the molecule is COc1ccc(C2CN(Cc3ccccc3)CC2(C)C(C)NS(=O)(=O)c2ccccc2)cc1OC1CCCC1. The fourth-order valence-corrected chi connectivity index (χ4v) is 7.62. The summed E-state index contributed by atoms with van der Waals surface area (Å²) in [5, 5.41) is 0. The maximum Gasteiger partial charge on any atom is 0.240 e. The summed E-state index contributed by atoms with van der Waals surface area (Å²) in [7, 11) is -1.99. The number of nitrogens with zero attached hydrogens (tertiary/aromatic N) is 1. The van der Waals surface area contributed by atoms with Crippen LogP contribution >= 0.6 is 0 Å². The molecule has 3 aromatic rings. The maximum absolute atomic E-state index is 13.3. The molecule has 6 nitrogen and oxygen atoms in total. The van der Waals surface area contributed by atoms with Crippen molar-refractivity contribution in [2.45, 2.75) is 69.0 Å². The van der Waals surface area contributed by atoms with Gasteiger partial charge in [-0.2, -0.15) is 0 Å². The molecule has 1 aliphatic carbocycles. The van der Waals surface area contributed by atoms with Crippen molar-refractivity contribution in [1.29, 1.82) is 0 Å². The summed E-state index contributed by atoms with van der Waals surface area (Å²) in [6.07, 6.45) is 4.74. The highest BCUT2D eigenvalue weighted by Gasteiger charge is 2.48. The van der Waals surface area contributed by atoms with Gasteiger partial charge in [0.15, 0.2) is 11.5 Å². The van der Waals surface area contributed by atoms with E-state index in [1.807, 2.05) is 25.1 Å². The van der Waals surface area contributed by atoms with Gasteiger partial charge in [-0.1, -0.05) is 61.5 Å². The minimum absolute atomic E-state index is 0.0894. The monoisotopic (exact) mass is 548 g/mol. The Balaban J connectivity index is 1.46. The van der Waals surface area contributed by atoms with E-state index in [1.54, 1.807) is 31.4 Å². The van der Waals surface area contributed by atoms with Crippen molar-refractivity contribution in [2.75, 3.05) is 20.2 Å². The van der Waals surface area contributed by atoms with Gasteiger partial charge in [0.1, 0.15) is 0 Å². The standard InChI is InChI=1S/C32H40N2O4S/c1-24(33-39(35,36)28-16-8-5-9-17-28)32(2)23-34(21-25-12-6-4-7-13-25)22-29(32)26-18-19-30(37-3)31(20-26)38-27-14-10-11-15-27/h4-9,12-13,16-20,24,27,29,33H,10-11,14-15,21-23H2,1-3H3. The lowest BCUT2D eigenvalue weighted by Gasteiger charge is -2.37. The topological polar surface area (TPSA) is 67.9 Å². The van der Waals surface area contributed by atoms with Gasteiger partial charge >= 0.3 is 0 Å². The van der Waals surface area contributed by atoms with Crippen LogP contribution in [0.4, 0.5) is 0 Å². The average molecular weight is 549 g/mol. The average Bonchev–Trinajstić information content (AvgIpc) is 3.57. The van der Waals surface area contributed by atoms with E-state index in [1.165, 1.54) is 18.4 Å². The van der Waals surface area contributed by atoms with Crippen molar-refractivity contribution in [3.8, 4) is 11.5 Å². The first-order chi connectivity index (χ1) is 18.8. The lowest BCUT2D eigenvalue weighted by atomic mass is 9.71. The van der Waals surface area contributed by atoms with E-state index in [2.05, 4.69) is 52.9 Å². The molecule has 0 aromatic heterocycles. The highest BCUT2D eigenvalue weighted by molar-refractivity contribution is 7.89. The second-order valence-corrected chi connectivity index (χ2v) is 13.0. The van der Waals surface area contributed by atoms with E-state index in [4.69, 9.17) is 9.47 Å². The van der Waals surface area contributed by atoms with Crippen LogP contribution in [0.2, 0.25) is 0 Å². The first-order valence-electron chi connectivity index (χ1n) is 14.0. The quantitative estimate of drug-likeness (QED) is 0.337. The Morgan fingerprint density at radius 3 is 2.31 bits per heavy atom. The first kappa shape index (κ1) is 27.7. The van der Waals surface area contributed by atoms with Crippen molar-refractivity contribution in [1.82, 2.24) is 9.62 Å². The molecule has 5 rings (SSSR count). The van der Waals surface area contributed by atoms with Gasteiger partial charge in [-0.15, -0.1) is 0 Å². The molecule has 2 fully saturated rings. The van der Waals surface area contributed by atoms with Crippen LogP contribution in [0.25, 0.3) is 0 Å². The molecule has 1 heterocycles. The van der Waals surface area contributed by atoms with Crippen LogP contribution < -0.4 is 14.2 Å². The zero-order chi connectivity index (χ0) is 27.5. The molecule has 0 spiro atoms. The Bertz CT molecular complexity index is 1340. The lowest BCUT2D eigenvalue weighted by Crippen LogP contribution is -2.48. The van der Waals surface area contributed by atoms with E-state index in [-0.39, 0.29) is 28.4 Å². The van der Waals surface area contributed by atoms with Gasteiger partial charge in [0.2, 0.25) is 10.0 Å². The number of methoxy groups -OCH3 is 1. The number of rotatable bonds is 10. The van der Waals surface area contributed by atoms with Gasteiger partial charge in [-0.3, -0.25) is 4.90 Å². The summed E-state index contributed by atoms with van der Waals surface area (Å²) in [5.74, 6) is 1.61. The zero-order valence-corrected chi connectivity index (χ0v) is 24.0. The second kappa shape index (κ2) is 11.7. The van der Waals surface area contributed by atoms with E-state index >= 15 is 0 Å². The van der Waals surface area contributed by atoms with Gasteiger partial charge in [0.05, 0.1) is 18.1 Å². The van der Waals surface area contributed by atoms with Crippen molar-refractivity contribution in [2.24, 2.45) is 5.41 Å². The van der Waals surface area contributed by atoms with E-state index in [0.717, 1.165) is 49.5 Å². The van der Waals surface area contributed by atoms with Crippen molar-refractivity contribution in [3.05, 3.63) is 90.0 Å². The molecule has 0 radical (unpaired) electrons. The molecule has 208 valence electrons. The Kier molecular flexibility index (Phi) is 8.31. The summed E-state index contributed by atoms with van der Waals surface area (Å²) >= 11 is 0. The number of hydrogen-bond acceptors (Lipinski definition) is 5. The van der Waals surface area contributed by atoms with Crippen LogP contribution in [0.1, 0.15) is 56.6 Å². The molecule has 2 aliphatic rings. The normalized spacial score (nSPS) is 23.1. The molecule has 7 heteroatoms. The second-order valence-electron chi connectivity index (χ2n) is 11.3. The third-order valence-corrected chi connectivity index (χ3v) is 10.2. The summed E-state index contributed by atoms with van der Waals surface area (Å²) in [6, 6.07) is 25.0. The van der Waals surface area contributed by atoms with E-state index < -0.39 is 10.0 Å². The van der Waals surface area contributed by atoms with E-state index in [9.17, 15) is 8.42 Å². The Morgan fingerprint density at radius 1 is 0.974 bits per heavy atom. The summed E-state index contributed by atoms with van der Waals surface area (Å²) < 4.78 is 41.8. The molecular weight excluding hydrogens is 508 g/mol. The molecule has 0 amide bonds. The maximum atomic E-state index is 13.3. The molecule has 3 atom stereocenters. The summed E-state index contributed by atoms with van der Waals surface area (Å²) in [6.45, 7) is 6.60. The highest BCUT2D eigenvalue weighted by Crippen LogP contribution is 2.47. The van der Waals surface area contributed by atoms with Gasteiger partial charge in [-0.05, 0) is 68.0 Å². The Labute approximate surface area is 233 Å². The van der Waals surface area contributed by atoms with Crippen LogP contribution in [0, 0.1) is 5.41 Å². The van der Waals surface area contributed by atoms with Gasteiger partial charge < -0.3 is 9.47 Å². The Morgan fingerprint density at radius 2 is 1.64 bits per heavy atom. The molecule has 3 unspecified atom stereocenters. The third-order valence-electron chi connectivity index (χ3n) is 8.61. The molecular formula is C32H40N2O4S. The van der Waals surface area contributed by atoms with Gasteiger partial charge in [0.25, 0.3) is 0 Å². The molecule has 0 bridgehead atoms. The molecule has 1 aliphatic heterocycles. The van der Waals surface area contributed by atoms with Crippen molar-refractivity contribution < 1.29 is 17.9 Å². The first-order valence-corrected chi connectivity index (χ1v) is 15.4. The van der Waals surface area contributed by atoms with Crippen LogP contribution in [0.3, 0.4) is 0 Å². The van der Waals surface area contributed by atoms with E-state index in [0.29, 0.717) is 0 Å². The summed E-state index contributed by atoms with van der Waals surface area (Å²) in [5.41, 5.74) is 2.03. The van der Waals surface area contributed by atoms with Crippen molar-refractivity contribution in [3.63, 3.8) is 0 Å². The molecule has 3 aromatic carbocycles. The fraction of sp³-hybridized carbons (Fsp3) is 0.438. The Hall–Kier alpha value is -2.87. The van der Waals surface area contributed by atoms with Crippen LogP contribution in [0.5, 0.6) is 11.5 Å². The van der Waals surface area contributed by atoms with Crippen molar-refractivity contribution >= 4 is 10.0 Å². The fourth-order valence-electron chi connectivity index (χ4n) is 6.23. The van der Waals surface area contributed by atoms with Gasteiger partial charge in [-0.25, -0.2) is 13.1 Å².